The molecule has 0 radical (unpaired) electrons. The van der Waals surface area contributed by atoms with Gasteiger partial charge in [-0.05, 0) is 41.9 Å². The Kier molecular flexibility index (Phi) is 14.8. The van der Waals surface area contributed by atoms with Crippen molar-refractivity contribution in [2.75, 3.05) is 19.7 Å². The number of hydrogen-bond donors (Lipinski definition) is 4. The molecule has 1 aliphatic rings. The molecule has 4 amide bonds. The van der Waals surface area contributed by atoms with E-state index in [0.29, 0.717) is 0 Å². The molecule has 0 aromatic heterocycles. The maximum absolute atomic E-state index is 14.9. The molecule has 4 N–H and O–H groups in total. The fourth-order valence-electron chi connectivity index (χ4n) is 5.60. The molecule has 14 heteroatoms. The number of hydrogen-bond acceptors (Lipinski definition) is 6. The van der Waals surface area contributed by atoms with Crippen molar-refractivity contribution < 1.29 is 47.0 Å². The summed E-state index contributed by atoms with van der Waals surface area (Å²) in [5.41, 5.74) is 1.02. The Hall–Kier alpha value is -4.88. The standard InChI is InChI=1S/C36H45F3N4O7/c1-21(2)20-50-36(49)42-32(22(3)4)35(48)43-19-26(23-9-6-5-7-10-23)17-28(43)34(47)41-27(18-29(37)38)33(46)40-16-15-25-12-8-11-24(31(25)39)13-14-30(44)45/h5-14,21-22,26-29,32H,15-20H2,1-4H3,(H,40,46)(H,41,47)(H,42,49)(H,44,45)/b14-13+/t26-,27+,28+,32+/m1/s1. The van der Waals surface area contributed by atoms with Gasteiger partial charge in [0.2, 0.25) is 24.1 Å². The van der Waals surface area contributed by atoms with Gasteiger partial charge in [-0.3, -0.25) is 14.4 Å². The van der Waals surface area contributed by atoms with Crippen molar-refractivity contribution in [1.29, 1.82) is 0 Å². The number of ether oxygens (including phenoxy) is 1. The van der Waals surface area contributed by atoms with E-state index in [2.05, 4.69) is 16.0 Å². The summed E-state index contributed by atoms with van der Waals surface area (Å²) in [6.07, 6.45) is -2.81. The molecule has 0 bridgehead atoms. The Balaban J connectivity index is 1.78. The normalized spacial score (nSPS) is 17.2. The molecular formula is C36H45F3N4O7. The van der Waals surface area contributed by atoms with E-state index in [4.69, 9.17) is 9.84 Å². The van der Waals surface area contributed by atoms with Crippen LogP contribution in [-0.2, 0) is 30.3 Å². The van der Waals surface area contributed by atoms with Crippen molar-refractivity contribution in [3.63, 3.8) is 0 Å². The number of aliphatic carboxylic acids is 1. The van der Waals surface area contributed by atoms with Gasteiger partial charge in [-0.15, -0.1) is 0 Å². The van der Waals surface area contributed by atoms with E-state index >= 15 is 0 Å². The van der Waals surface area contributed by atoms with Gasteiger partial charge >= 0.3 is 12.1 Å². The number of carboxylic acid groups (broad SMARTS) is 1. The molecule has 2 aromatic rings. The first-order valence-corrected chi connectivity index (χ1v) is 16.5. The number of benzene rings is 2. The van der Waals surface area contributed by atoms with E-state index in [1.54, 1.807) is 13.8 Å². The zero-order chi connectivity index (χ0) is 37.0. The highest BCUT2D eigenvalue weighted by Gasteiger charge is 2.44. The first-order valence-electron chi connectivity index (χ1n) is 16.5. The van der Waals surface area contributed by atoms with Gasteiger partial charge in [-0.2, -0.15) is 0 Å². The van der Waals surface area contributed by atoms with E-state index in [-0.39, 0.29) is 55.5 Å². The third-order valence-corrected chi connectivity index (χ3v) is 8.17. The minimum atomic E-state index is -2.97. The quantitative estimate of drug-likeness (QED) is 0.188. The summed E-state index contributed by atoms with van der Waals surface area (Å²) in [6, 6.07) is 9.60. The van der Waals surface area contributed by atoms with Crippen molar-refractivity contribution in [2.45, 2.75) is 77.4 Å². The third kappa shape index (κ3) is 11.6. The van der Waals surface area contributed by atoms with Crippen LogP contribution >= 0.6 is 0 Å². The van der Waals surface area contributed by atoms with Crippen LogP contribution in [-0.4, -0.2) is 84.0 Å². The number of likely N-dealkylation sites (tertiary alicyclic amines) is 1. The highest BCUT2D eigenvalue weighted by molar-refractivity contribution is 5.94. The zero-order valence-electron chi connectivity index (χ0n) is 28.5. The highest BCUT2D eigenvalue weighted by Crippen LogP contribution is 2.33. The summed E-state index contributed by atoms with van der Waals surface area (Å²) in [7, 11) is 0. The number of amides is 4. The molecular weight excluding hydrogens is 657 g/mol. The minimum absolute atomic E-state index is 0.0193. The summed E-state index contributed by atoms with van der Waals surface area (Å²) in [4.78, 5) is 65.5. The molecule has 0 aliphatic carbocycles. The van der Waals surface area contributed by atoms with Crippen molar-refractivity contribution in [3.8, 4) is 0 Å². The van der Waals surface area contributed by atoms with E-state index < -0.39 is 72.5 Å². The maximum Gasteiger partial charge on any atom is 0.407 e. The molecule has 1 fully saturated rings. The van der Waals surface area contributed by atoms with E-state index in [1.165, 1.54) is 23.1 Å². The molecule has 1 heterocycles. The number of alkyl carbamates (subject to hydrolysis) is 1. The van der Waals surface area contributed by atoms with E-state index in [0.717, 1.165) is 17.7 Å². The van der Waals surface area contributed by atoms with Crippen LogP contribution in [0.1, 0.15) is 63.1 Å². The summed E-state index contributed by atoms with van der Waals surface area (Å²) < 4.78 is 47.4. The van der Waals surface area contributed by atoms with Crippen molar-refractivity contribution in [3.05, 3.63) is 77.1 Å². The van der Waals surface area contributed by atoms with Gasteiger partial charge in [0.25, 0.3) is 0 Å². The van der Waals surface area contributed by atoms with Gasteiger partial charge in [0, 0.05) is 37.1 Å². The van der Waals surface area contributed by atoms with Crippen molar-refractivity contribution in [1.82, 2.24) is 20.9 Å². The fourth-order valence-corrected chi connectivity index (χ4v) is 5.60. The molecule has 1 aliphatic heterocycles. The van der Waals surface area contributed by atoms with Gasteiger partial charge in [-0.1, -0.05) is 76.2 Å². The molecule has 0 spiro atoms. The lowest BCUT2D eigenvalue weighted by atomic mass is 9.96. The van der Waals surface area contributed by atoms with Crippen LogP contribution in [0.3, 0.4) is 0 Å². The molecule has 1 saturated heterocycles. The second kappa shape index (κ2) is 18.8. The Morgan fingerprint density at radius 3 is 2.32 bits per heavy atom. The number of alkyl halides is 2. The smallest absolute Gasteiger partial charge is 0.407 e. The lowest BCUT2D eigenvalue weighted by molar-refractivity contribution is -0.141. The Morgan fingerprint density at radius 1 is 1.00 bits per heavy atom. The van der Waals surface area contributed by atoms with Crippen LogP contribution < -0.4 is 16.0 Å². The molecule has 2 aromatic carbocycles. The van der Waals surface area contributed by atoms with Gasteiger partial charge in [0.15, 0.2) is 0 Å². The van der Waals surface area contributed by atoms with Crippen LogP contribution in [0.5, 0.6) is 0 Å². The molecule has 11 nitrogen and oxygen atoms in total. The second-order valence-electron chi connectivity index (χ2n) is 12.9. The Labute approximate surface area is 289 Å². The van der Waals surface area contributed by atoms with Crippen molar-refractivity contribution in [2.24, 2.45) is 11.8 Å². The topological polar surface area (TPSA) is 154 Å². The van der Waals surface area contributed by atoms with Crippen molar-refractivity contribution >= 4 is 35.9 Å². The minimum Gasteiger partial charge on any atom is -0.478 e. The SMILES string of the molecule is CC(C)COC(=O)N[C@H](C(=O)N1C[C@H](c2ccccc2)C[C@H]1C(=O)N[C@@H](CC(F)F)C(=O)NCCc1cccc(/C=C/C(=O)O)c1F)C(C)C. The third-order valence-electron chi connectivity index (χ3n) is 8.17. The fraction of sp³-hybridized carbons (Fsp3) is 0.472. The largest absolute Gasteiger partial charge is 0.478 e. The summed E-state index contributed by atoms with van der Waals surface area (Å²) >= 11 is 0. The second-order valence-corrected chi connectivity index (χ2v) is 12.9. The number of nitrogens with zero attached hydrogens (tertiary/aromatic N) is 1. The number of halogens is 3. The van der Waals surface area contributed by atoms with Crippen LogP contribution in [0.15, 0.2) is 54.6 Å². The monoisotopic (exact) mass is 702 g/mol. The van der Waals surface area contributed by atoms with Crippen LogP contribution in [0.2, 0.25) is 0 Å². The number of carbonyl (C=O) groups excluding carboxylic acids is 4. The molecule has 4 atom stereocenters. The first kappa shape index (κ1) is 39.6. The van der Waals surface area contributed by atoms with Crippen LogP contribution in [0.4, 0.5) is 18.0 Å². The Bertz CT molecular complexity index is 1520. The number of carbonyl (C=O) groups is 5. The van der Waals surface area contributed by atoms with Gasteiger partial charge in [0.1, 0.15) is 23.9 Å². The molecule has 0 unspecified atom stereocenters. The molecule has 0 saturated carbocycles. The zero-order valence-corrected chi connectivity index (χ0v) is 28.5. The van der Waals surface area contributed by atoms with Gasteiger partial charge < -0.3 is 30.7 Å². The lowest BCUT2D eigenvalue weighted by Gasteiger charge is -2.31. The number of nitrogens with one attached hydrogen (secondary N) is 3. The van der Waals surface area contributed by atoms with Crippen LogP contribution in [0.25, 0.3) is 6.08 Å². The van der Waals surface area contributed by atoms with Crippen LogP contribution in [0, 0.1) is 17.7 Å². The summed E-state index contributed by atoms with van der Waals surface area (Å²) in [5.74, 6) is -4.88. The number of rotatable bonds is 16. The van der Waals surface area contributed by atoms with E-state index in [1.807, 2.05) is 44.2 Å². The van der Waals surface area contributed by atoms with E-state index in [9.17, 15) is 37.1 Å². The van der Waals surface area contributed by atoms with Gasteiger partial charge in [0.05, 0.1) is 6.61 Å². The summed E-state index contributed by atoms with van der Waals surface area (Å²) in [6.45, 7) is 7.24. The summed E-state index contributed by atoms with van der Waals surface area (Å²) in [5, 5.41) is 16.3. The maximum atomic E-state index is 14.9. The molecule has 50 heavy (non-hydrogen) atoms. The average molecular weight is 703 g/mol. The predicted octanol–water partition coefficient (Wildman–Crippen LogP) is 4.51. The Morgan fingerprint density at radius 2 is 1.70 bits per heavy atom. The first-order chi connectivity index (χ1) is 23.7. The molecule has 272 valence electrons. The predicted molar refractivity (Wildman–Crippen MR) is 180 cm³/mol. The van der Waals surface area contributed by atoms with Gasteiger partial charge in [-0.25, -0.2) is 22.8 Å². The lowest BCUT2D eigenvalue weighted by Crippen LogP contribution is -2.57. The number of carboxylic acids is 1. The molecule has 3 rings (SSSR count). The average Bonchev–Trinajstić information content (AvgIpc) is 3.52. The highest BCUT2D eigenvalue weighted by atomic mass is 19.3.